The fourth-order valence-electron chi connectivity index (χ4n) is 3.23. The fourth-order valence-corrected chi connectivity index (χ4v) is 3.23. The Morgan fingerprint density at radius 1 is 0.963 bits per heavy atom. The maximum absolute atomic E-state index is 12.8. The molecule has 4 rings (SSSR count). The van der Waals surface area contributed by atoms with E-state index in [-0.39, 0.29) is 11.8 Å². The van der Waals surface area contributed by atoms with Gasteiger partial charge in [0.05, 0.1) is 11.1 Å². The Balaban J connectivity index is 1.57. The van der Waals surface area contributed by atoms with Gasteiger partial charge in [-0.1, -0.05) is 0 Å². The first kappa shape index (κ1) is 16.9. The van der Waals surface area contributed by atoms with Crippen molar-refractivity contribution in [2.75, 3.05) is 16.8 Å². The summed E-state index contributed by atoms with van der Waals surface area (Å²) in [5, 5.41) is 2.89. The lowest BCUT2D eigenvalue weighted by molar-refractivity contribution is 0.0983. The summed E-state index contributed by atoms with van der Waals surface area (Å²) in [4.78, 5) is 34.9. The molecule has 0 aliphatic carbocycles. The Hall–Kier alpha value is -3.54. The van der Waals surface area contributed by atoms with E-state index in [4.69, 9.17) is 0 Å². The van der Waals surface area contributed by atoms with Gasteiger partial charge < -0.3 is 10.2 Å². The van der Waals surface area contributed by atoms with Crippen LogP contribution in [-0.4, -0.2) is 28.3 Å². The molecule has 134 valence electrons. The molecule has 0 radical (unpaired) electrons. The maximum Gasteiger partial charge on any atom is 0.259 e. The van der Waals surface area contributed by atoms with Crippen molar-refractivity contribution in [3.8, 4) is 0 Å². The van der Waals surface area contributed by atoms with Crippen LogP contribution < -0.4 is 10.2 Å². The number of amides is 2. The molecule has 1 N–H and O–H groups in total. The molecule has 3 aromatic rings. The summed E-state index contributed by atoms with van der Waals surface area (Å²) < 4.78 is 0. The lowest BCUT2D eigenvalue weighted by atomic mass is 10.00. The van der Waals surface area contributed by atoms with Gasteiger partial charge in [-0.25, -0.2) is 0 Å². The Kier molecular flexibility index (Phi) is 4.61. The number of aromatic nitrogens is 2. The van der Waals surface area contributed by atoms with E-state index in [0.717, 1.165) is 24.1 Å². The number of fused-ring (bicyclic) bond motifs is 1. The molecule has 6 heteroatoms. The number of nitrogens with zero attached hydrogens (tertiary/aromatic N) is 3. The number of pyridine rings is 2. The molecule has 2 aromatic heterocycles. The highest BCUT2D eigenvalue weighted by molar-refractivity contribution is 6.07. The van der Waals surface area contributed by atoms with E-state index in [1.165, 1.54) is 6.20 Å². The van der Waals surface area contributed by atoms with Crippen LogP contribution in [0.25, 0.3) is 0 Å². The molecule has 6 nitrogen and oxygen atoms in total. The molecule has 0 spiro atoms. The van der Waals surface area contributed by atoms with Gasteiger partial charge in [0.2, 0.25) is 0 Å². The highest BCUT2D eigenvalue weighted by Crippen LogP contribution is 2.31. The third-order valence-electron chi connectivity index (χ3n) is 4.53. The number of hydrogen-bond donors (Lipinski definition) is 1. The highest BCUT2D eigenvalue weighted by Gasteiger charge is 2.24. The third kappa shape index (κ3) is 3.55. The minimum Gasteiger partial charge on any atom is -0.322 e. The zero-order chi connectivity index (χ0) is 18.6. The quantitative estimate of drug-likeness (QED) is 0.779. The predicted molar refractivity (Wildman–Crippen MR) is 103 cm³/mol. The van der Waals surface area contributed by atoms with Crippen LogP contribution in [0.15, 0.2) is 67.3 Å². The molecule has 1 aliphatic rings. The van der Waals surface area contributed by atoms with Crippen LogP contribution in [0.4, 0.5) is 11.4 Å². The zero-order valence-corrected chi connectivity index (χ0v) is 14.6. The number of hydrogen-bond acceptors (Lipinski definition) is 4. The van der Waals surface area contributed by atoms with Crippen molar-refractivity contribution in [2.45, 2.75) is 12.8 Å². The summed E-state index contributed by atoms with van der Waals surface area (Å²) in [6.07, 6.45) is 8.13. The second-order valence-electron chi connectivity index (χ2n) is 6.34. The lowest BCUT2D eigenvalue weighted by Crippen LogP contribution is -2.35. The molecule has 1 aromatic carbocycles. The fraction of sp³-hybridized carbons (Fsp3) is 0.143. The van der Waals surface area contributed by atoms with Crippen molar-refractivity contribution in [1.29, 1.82) is 0 Å². The minimum atomic E-state index is -0.206. The van der Waals surface area contributed by atoms with Gasteiger partial charge in [0, 0.05) is 42.7 Å². The number of anilines is 2. The molecule has 3 heterocycles. The van der Waals surface area contributed by atoms with E-state index in [1.807, 2.05) is 18.2 Å². The lowest BCUT2D eigenvalue weighted by Gasteiger charge is -2.30. The van der Waals surface area contributed by atoms with E-state index in [0.29, 0.717) is 23.4 Å². The molecule has 27 heavy (non-hydrogen) atoms. The second kappa shape index (κ2) is 7.37. The number of carbonyl (C=O) groups is 2. The van der Waals surface area contributed by atoms with Crippen LogP contribution in [0, 0.1) is 0 Å². The number of carbonyl (C=O) groups excluding carboxylic acids is 2. The van der Waals surface area contributed by atoms with Crippen LogP contribution in [0.3, 0.4) is 0 Å². The number of nitrogens with one attached hydrogen (secondary N) is 1. The Morgan fingerprint density at radius 2 is 1.70 bits per heavy atom. The van der Waals surface area contributed by atoms with Crippen molar-refractivity contribution in [3.63, 3.8) is 0 Å². The van der Waals surface area contributed by atoms with Gasteiger partial charge in [-0.2, -0.15) is 0 Å². The molecule has 0 atom stereocenters. The molecule has 0 saturated heterocycles. The van der Waals surface area contributed by atoms with Gasteiger partial charge in [-0.15, -0.1) is 0 Å². The minimum absolute atomic E-state index is 0.0591. The molecule has 0 unspecified atom stereocenters. The van der Waals surface area contributed by atoms with Gasteiger partial charge >= 0.3 is 0 Å². The first-order chi connectivity index (χ1) is 13.2. The first-order valence-corrected chi connectivity index (χ1v) is 8.78. The van der Waals surface area contributed by atoms with Crippen LogP contribution in [0.5, 0.6) is 0 Å². The van der Waals surface area contributed by atoms with Crippen molar-refractivity contribution < 1.29 is 9.59 Å². The molecule has 0 fully saturated rings. The zero-order valence-electron chi connectivity index (χ0n) is 14.6. The molecular weight excluding hydrogens is 340 g/mol. The van der Waals surface area contributed by atoms with Crippen LogP contribution in [0.2, 0.25) is 0 Å². The van der Waals surface area contributed by atoms with Gasteiger partial charge in [-0.3, -0.25) is 19.6 Å². The van der Waals surface area contributed by atoms with E-state index < -0.39 is 0 Å². The van der Waals surface area contributed by atoms with E-state index >= 15 is 0 Å². The average Bonchev–Trinajstić information content (AvgIpc) is 2.74. The van der Waals surface area contributed by atoms with Crippen molar-refractivity contribution in [2.24, 2.45) is 0 Å². The van der Waals surface area contributed by atoms with Gasteiger partial charge in [0.15, 0.2) is 0 Å². The van der Waals surface area contributed by atoms with E-state index in [1.54, 1.807) is 47.8 Å². The first-order valence-electron chi connectivity index (χ1n) is 8.78. The van der Waals surface area contributed by atoms with Crippen molar-refractivity contribution in [3.05, 3.63) is 83.9 Å². The molecule has 0 saturated carbocycles. The van der Waals surface area contributed by atoms with Crippen molar-refractivity contribution in [1.82, 2.24) is 9.97 Å². The monoisotopic (exact) mass is 358 g/mol. The summed E-state index contributed by atoms with van der Waals surface area (Å²) in [5.74, 6) is -0.265. The normalized spacial score (nSPS) is 13.0. The van der Waals surface area contributed by atoms with Crippen LogP contribution >= 0.6 is 0 Å². The van der Waals surface area contributed by atoms with E-state index in [9.17, 15) is 9.59 Å². The third-order valence-corrected chi connectivity index (χ3v) is 4.53. The largest absolute Gasteiger partial charge is 0.322 e. The van der Waals surface area contributed by atoms with Crippen molar-refractivity contribution >= 4 is 23.2 Å². The summed E-state index contributed by atoms with van der Waals surface area (Å²) in [7, 11) is 0. The summed E-state index contributed by atoms with van der Waals surface area (Å²) in [6, 6.07) is 12.6. The maximum atomic E-state index is 12.8. The van der Waals surface area contributed by atoms with Gasteiger partial charge in [0.25, 0.3) is 11.8 Å². The summed E-state index contributed by atoms with van der Waals surface area (Å²) >= 11 is 0. The molecule has 0 bridgehead atoms. The number of benzene rings is 1. The van der Waals surface area contributed by atoms with Crippen LogP contribution in [0.1, 0.15) is 32.7 Å². The Labute approximate surface area is 156 Å². The highest BCUT2D eigenvalue weighted by atomic mass is 16.2. The predicted octanol–water partition coefficient (Wildman–Crippen LogP) is 3.32. The molecule has 2 amide bonds. The Morgan fingerprint density at radius 3 is 2.41 bits per heavy atom. The van der Waals surface area contributed by atoms with E-state index in [2.05, 4.69) is 15.3 Å². The summed E-state index contributed by atoms with van der Waals surface area (Å²) in [5.41, 5.74) is 3.71. The smallest absolute Gasteiger partial charge is 0.259 e. The SMILES string of the molecule is O=C(Nc1ccc2c(c1)CCCN2C(=O)c1cccnc1)c1cccnc1. The average molecular weight is 358 g/mol. The molecular formula is C21H18N4O2. The van der Waals surface area contributed by atoms with Crippen LogP contribution in [-0.2, 0) is 6.42 Å². The number of aryl methyl sites for hydroxylation is 1. The second-order valence-corrected chi connectivity index (χ2v) is 6.34. The standard InChI is InChI=1S/C21H18N4O2/c26-20(16-4-1-9-22-13-16)24-18-7-8-19-15(12-18)6-3-11-25(19)21(27)17-5-2-10-23-14-17/h1-2,4-5,7-10,12-14H,3,6,11H2,(H,24,26). The summed E-state index contributed by atoms with van der Waals surface area (Å²) in [6.45, 7) is 0.669. The Bertz CT molecular complexity index is 974. The van der Waals surface area contributed by atoms with Gasteiger partial charge in [0.1, 0.15) is 0 Å². The topological polar surface area (TPSA) is 75.2 Å². The molecule has 1 aliphatic heterocycles. The van der Waals surface area contributed by atoms with Gasteiger partial charge in [-0.05, 0) is 60.9 Å². The number of rotatable bonds is 3.